The van der Waals surface area contributed by atoms with Crippen LogP contribution in [0.4, 0.5) is 5.69 Å². The Bertz CT molecular complexity index is 675. The highest BCUT2D eigenvalue weighted by Crippen LogP contribution is 2.35. The van der Waals surface area contributed by atoms with Gasteiger partial charge in [0.05, 0.1) is 5.69 Å². The number of anilines is 1. The van der Waals surface area contributed by atoms with Crippen LogP contribution in [0, 0.1) is 0 Å². The zero-order chi connectivity index (χ0) is 14.1. The summed E-state index contributed by atoms with van der Waals surface area (Å²) in [5.74, 6) is 0.412. The molecule has 1 N–H and O–H groups in total. The first-order chi connectivity index (χ1) is 9.65. The smallest absolute Gasteiger partial charge is 0.235 e. The van der Waals surface area contributed by atoms with Gasteiger partial charge in [0.15, 0.2) is 0 Å². The first kappa shape index (κ1) is 13.5. The molecular weight excluding hydrogens is 342 g/mol. The average Bonchev–Trinajstić information content (AvgIpc) is 2.86. The average molecular weight is 353 g/mol. The normalized spacial score (nSPS) is 16.4. The lowest BCUT2D eigenvalue weighted by molar-refractivity contribution is -0.117. The SMILES string of the molecule is O=C(Nc1ccc(Cl)cc1Br)C1COc2ccccc21. The molecule has 5 heteroatoms. The van der Waals surface area contributed by atoms with Crippen molar-refractivity contribution in [2.45, 2.75) is 5.92 Å². The van der Waals surface area contributed by atoms with E-state index in [0.717, 1.165) is 15.8 Å². The number of nitrogens with one attached hydrogen (secondary N) is 1. The highest BCUT2D eigenvalue weighted by atomic mass is 79.9. The monoisotopic (exact) mass is 351 g/mol. The van der Waals surface area contributed by atoms with E-state index in [2.05, 4.69) is 21.2 Å². The number of fused-ring (bicyclic) bond motifs is 1. The number of rotatable bonds is 2. The molecule has 1 atom stereocenters. The molecule has 0 aliphatic carbocycles. The number of para-hydroxylation sites is 1. The molecule has 3 rings (SSSR count). The van der Waals surface area contributed by atoms with Crippen LogP contribution in [0.1, 0.15) is 11.5 Å². The molecule has 3 nitrogen and oxygen atoms in total. The summed E-state index contributed by atoms with van der Waals surface area (Å²) < 4.78 is 6.28. The highest BCUT2D eigenvalue weighted by molar-refractivity contribution is 9.10. The zero-order valence-electron chi connectivity index (χ0n) is 10.4. The number of amides is 1. The number of hydrogen-bond donors (Lipinski definition) is 1. The fraction of sp³-hybridized carbons (Fsp3) is 0.133. The first-order valence-corrected chi connectivity index (χ1v) is 7.30. The summed E-state index contributed by atoms with van der Waals surface area (Å²) in [5.41, 5.74) is 1.62. The van der Waals surface area contributed by atoms with E-state index in [9.17, 15) is 4.79 Å². The van der Waals surface area contributed by atoms with Crippen LogP contribution in [0.25, 0.3) is 0 Å². The zero-order valence-corrected chi connectivity index (χ0v) is 12.7. The van der Waals surface area contributed by atoms with Crippen LogP contribution in [0.2, 0.25) is 5.02 Å². The van der Waals surface area contributed by atoms with Crippen LogP contribution < -0.4 is 10.1 Å². The standard InChI is InChI=1S/C15H11BrClNO2/c16-12-7-9(17)5-6-13(12)18-15(19)11-8-20-14-4-2-1-3-10(11)14/h1-7,11H,8H2,(H,18,19). The number of halogens is 2. The predicted octanol–water partition coefficient (Wildman–Crippen LogP) is 4.22. The molecule has 0 aromatic heterocycles. The van der Waals surface area contributed by atoms with Crippen molar-refractivity contribution >= 4 is 39.1 Å². The van der Waals surface area contributed by atoms with Gasteiger partial charge in [0.25, 0.3) is 0 Å². The van der Waals surface area contributed by atoms with Gasteiger partial charge in [0.2, 0.25) is 5.91 Å². The van der Waals surface area contributed by atoms with Gasteiger partial charge < -0.3 is 10.1 Å². The summed E-state index contributed by atoms with van der Waals surface area (Å²) in [6.45, 7) is 0.371. The van der Waals surface area contributed by atoms with Crippen LogP contribution in [0.3, 0.4) is 0 Å². The van der Waals surface area contributed by atoms with Crippen LogP contribution >= 0.6 is 27.5 Å². The Hall–Kier alpha value is -1.52. The van der Waals surface area contributed by atoms with Crippen LogP contribution in [-0.4, -0.2) is 12.5 Å². The summed E-state index contributed by atoms with van der Waals surface area (Å²) in [5, 5.41) is 3.51. The Kier molecular flexibility index (Phi) is 3.68. The minimum absolute atomic E-state index is 0.0852. The van der Waals surface area contributed by atoms with E-state index in [4.69, 9.17) is 16.3 Å². The maximum Gasteiger partial charge on any atom is 0.235 e. The van der Waals surface area contributed by atoms with Gasteiger partial charge in [-0.25, -0.2) is 0 Å². The predicted molar refractivity (Wildman–Crippen MR) is 82.5 cm³/mol. The number of benzene rings is 2. The third kappa shape index (κ3) is 2.53. The Morgan fingerprint density at radius 1 is 1.30 bits per heavy atom. The molecule has 0 fully saturated rings. The number of carbonyl (C=O) groups excluding carboxylic acids is 1. The van der Waals surface area contributed by atoms with Crippen molar-refractivity contribution in [2.75, 3.05) is 11.9 Å². The van der Waals surface area contributed by atoms with Crippen LogP contribution in [0.15, 0.2) is 46.9 Å². The molecule has 2 aromatic carbocycles. The van der Waals surface area contributed by atoms with Gasteiger partial charge in [0, 0.05) is 15.1 Å². The van der Waals surface area contributed by atoms with Crippen LogP contribution in [0.5, 0.6) is 5.75 Å². The van der Waals surface area contributed by atoms with Crippen molar-refractivity contribution in [3.8, 4) is 5.75 Å². The van der Waals surface area contributed by atoms with E-state index in [0.29, 0.717) is 17.3 Å². The maximum atomic E-state index is 12.4. The lowest BCUT2D eigenvalue weighted by Crippen LogP contribution is -2.22. The van der Waals surface area contributed by atoms with Gasteiger partial charge in [-0.1, -0.05) is 29.8 Å². The fourth-order valence-corrected chi connectivity index (χ4v) is 2.97. The Balaban J connectivity index is 1.81. The van der Waals surface area contributed by atoms with Crippen molar-refractivity contribution in [1.29, 1.82) is 0 Å². The molecule has 0 spiro atoms. The molecule has 0 saturated heterocycles. The largest absolute Gasteiger partial charge is 0.492 e. The minimum atomic E-state index is -0.284. The van der Waals surface area contributed by atoms with Gasteiger partial charge in [-0.15, -0.1) is 0 Å². The molecule has 1 amide bonds. The third-order valence-corrected chi connectivity index (χ3v) is 4.10. The third-order valence-electron chi connectivity index (χ3n) is 3.21. The second-order valence-corrected chi connectivity index (χ2v) is 5.81. The number of ether oxygens (including phenoxy) is 1. The Labute approximate surface area is 130 Å². The Morgan fingerprint density at radius 3 is 2.90 bits per heavy atom. The quantitative estimate of drug-likeness (QED) is 0.879. The Morgan fingerprint density at radius 2 is 2.10 bits per heavy atom. The highest BCUT2D eigenvalue weighted by Gasteiger charge is 2.30. The number of carbonyl (C=O) groups is 1. The van der Waals surface area contributed by atoms with E-state index in [1.165, 1.54) is 0 Å². The summed E-state index contributed by atoms with van der Waals surface area (Å²) in [4.78, 5) is 12.4. The molecule has 0 radical (unpaired) electrons. The maximum absolute atomic E-state index is 12.4. The molecule has 1 aliphatic heterocycles. The molecule has 1 heterocycles. The van der Waals surface area contributed by atoms with Crippen molar-refractivity contribution in [3.63, 3.8) is 0 Å². The van der Waals surface area contributed by atoms with Crippen molar-refractivity contribution in [2.24, 2.45) is 0 Å². The van der Waals surface area contributed by atoms with Gasteiger partial charge in [-0.05, 0) is 40.2 Å². The first-order valence-electron chi connectivity index (χ1n) is 6.13. The van der Waals surface area contributed by atoms with Crippen molar-refractivity contribution in [3.05, 3.63) is 57.5 Å². The lowest BCUT2D eigenvalue weighted by Gasteiger charge is -2.11. The summed E-state index contributed by atoms with van der Waals surface area (Å²) in [6, 6.07) is 12.9. The molecule has 2 aromatic rings. The van der Waals surface area contributed by atoms with Gasteiger partial charge in [-0.3, -0.25) is 4.79 Å². The summed E-state index contributed by atoms with van der Waals surface area (Å²) in [6.07, 6.45) is 0. The summed E-state index contributed by atoms with van der Waals surface area (Å²) in [7, 11) is 0. The van der Waals surface area contributed by atoms with E-state index < -0.39 is 0 Å². The molecule has 0 bridgehead atoms. The van der Waals surface area contributed by atoms with E-state index >= 15 is 0 Å². The summed E-state index contributed by atoms with van der Waals surface area (Å²) >= 11 is 9.27. The second kappa shape index (κ2) is 5.46. The topological polar surface area (TPSA) is 38.3 Å². The van der Waals surface area contributed by atoms with Crippen LogP contribution in [-0.2, 0) is 4.79 Å². The van der Waals surface area contributed by atoms with Gasteiger partial charge in [0.1, 0.15) is 18.3 Å². The molecule has 0 saturated carbocycles. The second-order valence-electron chi connectivity index (χ2n) is 4.51. The van der Waals surface area contributed by atoms with Gasteiger partial charge in [-0.2, -0.15) is 0 Å². The van der Waals surface area contributed by atoms with E-state index in [-0.39, 0.29) is 11.8 Å². The van der Waals surface area contributed by atoms with Gasteiger partial charge >= 0.3 is 0 Å². The molecular formula is C15H11BrClNO2. The molecule has 20 heavy (non-hydrogen) atoms. The van der Waals surface area contributed by atoms with Crippen molar-refractivity contribution < 1.29 is 9.53 Å². The van der Waals surface area contributed by atoms with E-state index in [1.807, 2.05) is 24.3 Å². The lowest BCUT2D eigenvalue weighted by atomic mass is 10.0. The van der Waals surface area contributed by atoms with E-state index in [1.54, 1.807) is 18.2 Å². The molecule has 102 valence electrons. The molecule has 1 aliphatic rings. The molecule has 1 unspecified atom stereocenters. The van der Waals surface area contributed by atoms with Crippen molar-refractivity contribution in [1.82, 2.24) is 0 Å². The number of hydrogen-bond acceptors (Lipinski definition) is 2. The fourth-order valence-electron chi connectivity index (χ4n) is 2.19. The minimum Gasteiger partial charge on any atom is -0.492 e.